The van der Waals surface area contributed by atoms with Crippen molar-refractivity contribution in [3.8, 4) is 5.75 Å². The van der Waals surface area contributed by atoms with E-state index in [0.29, 0.717) is 18.9 Å². The molecule has 41 heavy (non-hydrogen) atoms. The lowest BCUT2D eigenvalue weighted by molar-refractivity contribution is -0.120. The molecule has 1 aliphatic carbocycles. The Morgan fingerprint density at radius 2 is 1.71 bits per heavy atom. The third-order valence-electron chi connectivity index (χ3n) is 8.61. The van der Waals surface area contributed by atoms with Crippen molar-refractivity contribution in [2.75, 3.05) is 32.3 Å². The molecule has 7 heteroatoms. The number of rotatable bonds is 11. The molecule has 3 aromatic rings. The summed E-state index contributed by atoms with van der Waals surface area (Å²) in [5, 5.41) is 13.0. The van der Waals surface area contributed by atoms with Crippen LogP contribution in [0.15, 0.2) is 72.8 Å². The van der Waals surface area contributed by atoms with Gasteiger partial charge in [0.05, 0.1) is 37.9 Å². The number of aromatic carboxylic acids is 1. The minimum Gasteiger partial charge on any atom is -0.497 e. The molecule has 1 heterocycles. The second-order valence-electron chi connectivity index (χ2n) is 11.3. The average molecular weight is 557 g/mol. The van der Waals surface area contributed by atoms with Crippen molar-refractivity contribution in [1.82, 2.24) is 5.32 Å². The number of nitrogens with one attached hydrogen (secondary N) is 1. The number of benzene rings is 3. The molecule has 1 saturated carbocycles. The van der Waals surface area contributed by atoms with Gasteiger partial charge in [-0.25, -0.2) is 4.79 Å². The van der Waals surface area contributed by atoms with Gasteiger partial charge in [-0.1, -0.05) is 67.8 Å². The predicted octanol–water partition coefficient (Wildman–Crippen LogP) is 5.99. The molecular weight excluding hydrogens is 516 g/mol. The molecule has 3 aromatic carbocycles. The number of fused-ring (bicyclic) bond motifs is 1. The maximum absolute atomic E-state index is 13.7. The Labute approximate surface area is 242 Å². The number of methoxy groups -OCH3 is 2. The summed E-state index contributed by atoms with van der Waals surface area (Å²) < 4.78 is 10.9. The molecule has 1 fully saturated rings. The summed E-state index contributed by atoms with van der Waals surface area (Å²) in [5.41, 5.74) is 4.42. The molecule has 3 atom stereocenters. The fourth-order valence-corrected chi connectivity index (χ4v) is 6.78. The average Bonchev–Trinajstić information content (AvgIpc) is 3.31. The Morgan fingerprint density at radius 3 is 2.37 bits per heavy atom. The minimum absolute atomic E-state index is 0.0937. The molecule has 2 aliphatic rings. The lowest BCUT2D eigenvalue weighted by Crippen LogP contribution is -2.45. The number of carbonyl (C=O) groups excluding carboxylic acids is 1. The minimum atomic E-state index is -0.970. The lowest BCUT2D eigenvalue weighted by atomic mass is 9.73. The number of carboxylic acid groups (broad SMARTS) is 1. The molecule has 216 valence electrons. The number of hydrogen-bond donors (Lipinski definition) is 2. The Hall–Kier alpha value is -3.84. The van der Waals surface area contributed by atoms with E-state index in [1.54, 1.807) is 26.4 Å². The number of ether oxygens (including phenoxy) is 2. The number of hydrogen-bond acceptors (Lipinski definition) is 5. The summed E-state index contributed by atoms with van der Waals surface area (Å²) in [6.45, 7) is 0.512. The second kappa shape index (κ2) is 13.2. The monoisotopic (exact) mass is 556 g/mol. The van der Waals surface area contributed by atoms with Crippen LogP contribution in [0.1, 0.15) is 71.1 Å². The van der Waals surface area contributed by atoms with Crippen LogP contribution < -0.4 is 15.0 Å². The van der Waals surface area contributed by atoms with Gasteiger partial charge >= 0.3 is 5.97 Å². The summed E-state index contributed by atoms with van der Waals surface area (Å²) in [5.74, 6) is 0.310. The summed E-state index contributed by atoms with van der Waals surface area (Å²) in [6.07, 6.45) is 6.55. The summed E-state index contributed by atoms with van der Waals surface area (Å²) in [7, 11) is 3.30. The highest BCUT2D eigenvalue weighted by Crippen LogP contribution is 2.55. The van der Waals surface area contributed by atoms with E-state index in [4.69, 9.17) is 9.47 Å². The van der Waals surface area contributed by atoms with Crippen LogP contribution in [0, 0.1) is 5.92 Å². The van der Waals surface area contributed by atoms with Crippen LogP contribution in [-0.2, 0) is 16.0 Å². The highest BCUT2D eigenvalue weighted by Gasteiger charge is 2.44. The fraction of sp³-hybridized carbons (Fsp3) is 0.412. The van der Waals surface area contributed by atoms with Gasteiger partial charge in [0.25, 0.3) is 0 Å². The highest BCUT2D eigenvalue weighted by atomic mass is 16.5. The Morgan fingerprint density at radius 1 is 0.976 bits per heavy atom. The van der Waals surface area contributed by atoms with Crippen LogP contribution >= 0.6 is 0 Å². The van der Waals surface area contributed by atoms with Crippen LogP contribution in [0.3, 0.4) is 0 Å². The summed E-state index contributed by atoms with van der Waals surface area (Å²) in [6, 6.07) is 23.3. The van der Waals surface area contributed by atoms with Gasteiger partial charge in [0.15, 0.2) is 0 Å². The molecule has 1 aliphatic heterocycles. The molecule has 2 N–H and O–H groups in total. The predicted molar refractivity (Wildman–Crippen MR) is 160 cm³/mol. The first-order valence-electron chi connectivity index (χ1n) is 14.6. The topological polar surface area (TPSA) is 88.1 Å². The second-order valence-corrected chi connectivity index (χ2v) is 11.3. The van der Waals surface area contributed by atoms with E-state index in [1.807, 2.05) is 48.5 Å². The molecule has 5 rings (SSSR count). The van der Waals surface area contributed by atoms with E-state index >= 15 is 0 Å². The van der Waals surface area contributed by atoms with Crippen LogP contribution in [0.5, 0.6) is 5.75 Å². The number of nitrogens with zero attached hydrogens (tertiary/aromatic N) is 1. The number of anilines is 1. The standard InChI is InChI=1S/C34H40N2O5/c1-40-22-27(19-23-9-5-3-6-10-23)35-31(37)21-36-30-20-26(34(38)39)15-18-29(30)32(24-11-7-4-8-12-24)33(36)25-13-16-28(41-2)17-14-25/h3,5-6,9-10,13-18,20,24,27,32-33H,4,7-8,11-12,19,21-22H2,1-2H3,(H,35,37)(H,38,39). The Bertz CT molecular complexity index is 1320. The first-order valence-corrected chi connectivity index (χ1v) is 14.6. The van der Waals surface area contributed by atoms with E-state index in [-0.39, 0.29) is 36.0 Å². The molecule has 0 bridgehead atoms. The zero-order valence-electron chi connectivity index (χ0n) is 23.9. The largest absolute Gasteiger partial charge is 0.497 e. The first kappa shape index (κ1) is 28.7. The number of carbonyl (C=O) groups is 2. The van der Waals surface area contributed by atoms with E-state index < -0.39 is 5.97 Å². The van der Waals surface area contributed by atoms with Crippen molar-refractivity contribution in [3.63, 3.8) is 0 Å². The van der Waals surface area contributed by atoms with E-state index in [9.17, 15) is 14.7 Å². The Balaban J connectivity index is 1.50. The lowest BCUT2D eigenvalue weighted by Gasteiger charge is -2.36. The molecule has 0 aromatic heterocycles. The van der Waals surface area contributed by atoms with Crippen LogP contribution in [0.25, 0.3) is 0 Å². The maximum Gasteiger partial charge on any atom is 0.335 e. The van der Waals surface area contributed by atoms with Gasteiger partial charge in [0.2, 0.25) is 5.91 Å². The number of amides is 1. The molecular formula is C34H40N2O5. The van der Waals surface area contributed by atoms with E-state index in [0.717, 1.165) is 41.0 Å². The summed E-state index contributed by atoms with van der Waals surface area (Å²) in [4.78, 5) is 27.8. The van der Waals surface area contributed by atoms with Gasteiger partial charge in [-0.05, 0) is 66.1 Å². The van der Waals surface area contributed by atoms with E-state index in [1.165, 1.54) is 19.3 Å². The van der Waals surface area contributed by atoms with Crippen molar-refractivity contribution in [3.05, 3.63) is 95.1 Å². The highest BCUT2D eigenvalue weighted by molar-refractivity contribution is 5.91. The molecule has 0 radical (unpaired) electrons. The van der Waals surface area contributed by atoms with Crippen LogP contribution in [-0.4, -0.2) is 50.4 Å². The first-order chi connectivity index (χ1) is 20.0. The normalized spacial score (nSPS) is 19.4. The zero-order valence-corrected chi connectivity index (χ0v) is 23.9. The van der Waals surface area contributed by atoms with Crippen molar-refractivity contribution >= 4 is 17.6 Å². The van der Waals surface area contributed by atoms with Gasteiger partial charge in [0.1, 0.15) is 5.75 Å². The molecule has 0 saturated heterocycles. The third-order valence-corrected chi connectivity index (χ3v) is 8.61. The van der Waals surface area contributed by atoms with Crippen molar-refractivity contribution in [2.24, 2.45) is 5.92 Å². The molecule has 3 unspecified atom stereocenters. The van der Waals surface area contributed by atoms with Crippen molar-refractivity contribution < 1.29 is 24.2 Å². The fourth-order valence-electron chi connectivity index (χ4n) is 6.78. The molecule has 1 amide bonds. The Kier molecular flexibility index (Phi) is 9.24. The van der Waals surface area contributed by atoms with Crippen molar-refractivity contribution in [2.45, 2.75) is 56.5 Å². The van der Waals surface area contributed by atoms with E-state index in [2.05, 4.69) is 22.3 Å². The van der Waals surface area contributed by atoms with Gasteiger partial charge in [-0.2, -0.15) is 0 Å². The third kappa shape index (κ3) is 6.57. The summed E-state index contributed by atoms with van der Waals surface area (Å²) >= 11 is 0. The maximum atomic E-state index is 13.7. The van der Waals surface area contributed by atoms with Gasteiger partial charge in [-0.3, -0.25) is 4.79 Å². The van der Waals surface area contributed by atoms with Gasteiger partial charge < -0.3 is 24.8 Å². The van der Waals surface area contributed by atoms with Crippen molar-refractivity contribution in [1.29, 1.82) is 0 Å². The van der Waals surface area contributed by atoms with Crippen LogP contribution in [0.2, 0.25) is 0 Å². The molecule has 7 nitrogen and oxygen atoms in total. The molecule has 0 spiro atoms. The van der Waals surface area contributed by atoms with Crippen LogP contribution in [0.4, 0.5) is 5.69 Å². The SMILES string of the molecule is COCC(Cc1ccccc1)NC(=O)CN1c2cc(C(=O)O)ccc2C(C2CCCCC2)C1c1ccc(OC)cc1. The quantitative estimate of drug-likeness (QED) is 0.302. The van der Waals surface area contributed by atoms with Gasteiger partial charge in [-0.15, -0.1) is 0 Å². The van der Waals surface area contributed by atoms with Gasteiger partial charge in [0, 0.05) is 18.7 Å². The number of carboxylic acids is 1. The smallest absolute Gasteiger partial charge is 0.335 e. The zero-order chi connectivity index (χ0) is 28.8.